The molecule has 0 spiro atoms. The largest absolute Gasteiger partial charge is 0.493 e. The van der Waals surface area contributed by atoms with Crippen molar-refractivity contribution in [3.8, 4) is 11.5 Å². The van der Waals surface area contributed by atoms with Gasteiger partial charge in [-0.3, -0.25) is 0 Å². The van der Waals surface area contributed by atoms with Crippen LogP contribution in [0.15, 0.2) is 40.9 Å². The molecule has 0 saturated heterocycles. The van der Waals surface area contributed by atoms with Crippen LogP contribution in [0.25, 0.3) is 0 Å². The molecule has 4 heteroatoms. The van der Waals surface area contributed by atoms with Gasteiger partial charge in [-0.15, -0.1) is 0 Å². The second-order valence-corrected chi connectivity index (χ2v) is 5.14. The molecule has 0 aliphatic heterocycles. The first kappa shape index (κ1) is 13.9. The van der Waals surface area contributed by atoms with Gasteiger partial charge < -0.3 is 9.47 Å². The first-order valence-electron chi connectivity index (χ1n) is 5.81. The van der Waals surface area contributed by atoms with Gasteiger partial charge in [0.25, 0.3) is 0 Å². The van der Waals surface area contributed by atoms with E-state index < -0.39 is 0 Å². The number of rotatable bonds is 4. The molecule has 0 aromatic heterocycles. The number of hydrogen-bond acceptors (Lipinski definition) is 2. The van der Waals surface area contributed by atoms with Gasteiger partial charge >= 0.3 is 0 Å². The smallest absolute Gasteiger partial charge is 0.161 e. The molecule has 2 aromatic rings. The molecule has 0 aliphatic carbocycles. The molecule has 0 fully saturated rings. The van der Waals surface area contributed by atoms with Gasteiger partial charge in [0.2, 0.25) is 0 Å². The molecule has 0 bridgehead atoms. The minimum absolute atomic E-state index is 0.287. The fourth-order valence-electron chi connectivity index (χ4n) is 1.75. The van der Waals surface area contributed by atoms with E-state index in [0.29, 0.717) is 16.0 Å². The minimum atomic E-state index is -0.288. The van der Waals surface area contributed by atoms with Crippen LogP contribution in [0, 0.1) is 12.7 Å². The van der Waals surface area contributed by atoms with Gasteiger partial charge in [0.1, 0.15) is 12.4 Å². The second kappa shape index (κ2) is 6.06. The predicted octanol–water partition coefficient (Wildman–Crippen LogP) is 4.48. The summed E-state index contributed by atoms with van der Waals surface area (Å²) in [6, 6.07) is 10.4. The van der Waals surface area contributed by atoms with E-state index in [1.165, 1.54) is 12.1 Å². The molecule has 2 nitrogen and oxygen atoms in total. The minimum Gasteiger partial charge on any atom is -0.493 e. The third-order valence-electron chi connectivity index (χ3n) is 2.64. The van der Waals surface area contributed by atoms with E-state index in [-0.39, 0.29) is 12.4 Å². The Morgan fingerprint density at radius 3 is 2.58 bits per heavy atom. The van der Waals surface area contributed by atoms with Crippen molar-refractivity contribution in [1.29, 1.82) is 0 Å². The van der Waals surface area contributed by atoms with Gasteiger partial charge in [0, 0.05) is 4.47 Å². The van der Waals surface area contributed by atoms with E-state index in [9.17, 15) is 4.39 Å². The van der Waals surface area contributed by atoms with Crippen molar-refractivity contribution in [1.82, 2.24) is 0 Å². The van der Waals surface area contributed by atoms with Crippen molar-refractivity contribution < 1.29 is 13.9 Å². The van der Waals surface area contributed by atoms with Gasteiger partial charge in [-0.1, -0.05) is 22.0 Å². The number of hydrogen-bond donors (Lipinski definition) is 0. The summed E-state index contributed by atoms with van der Waals surface area (Å²) < 4.78 is 24.9. The molecular formula is C15H14BrFO2. The maximum Gasteiger partial charge on any atom is 0.161 e. The topological polar surface area (TPSA) is 18.5 Å². The zero-order valence-electron chi connectivity index (χ0n) is 10.7. The van der Waals surface area contributed by atoms with Crippen LogP contribution in [-0.2, 0) is 6.61 Å². The van der Waals surface area contributed by atoms with E-state index in [1.54, 1.807) is 7.11 Å². The summed E-state index contributed by atoms with van der Waals surface area (Å²) >= 11 is 3.26. The van der Waals surface area contributed by atoms with Gasteiger partial charge in [0.15, 0.2) is 11.5 Å². The van der Waals surface area contributed by atoms with Crippen molar-refractivity contribution in [3.05, 3.63) is 57.8 Å². The molecule has 19 heavy (non-hydrogen) atoms. The van der Waals surface area contributed by atoms with Crippen LogP contribution in [0.3, 0.4) is 0 Å². The lowest BCUT2D eigenvalue weighted by atomic mass is 10.2. The van der Waals surface area contributed by atoms with E-state index >= 15 is 0 Å². The van der Waals surface area contributed by atoms with Crippen LogP contribution in [0.4, 0.5) is 4.39 Å². The summed E-state index contributed by atoms with van der Waals surface area (Å²) in [5.41, 5.74) is 1.85. The normalized spacial score (nSPS) is 10.3. The highest BCUT2D eigenvalue weighted by Crippen LogP contribution is 2.28. The van der Waals surface area contributed by atoms with E-state index in [4.69, 9.17) is 9.47 Å². The van der Waals surface area contributed by atoms with Crippen molar-refractivity contribution in [2.45, 2.75) is 13.5 Å². The van der Waals surface area contributed by atoms with E-state index in [2.05, 4.69) is 15.9 Å². The van der Waals surface area contributed by atoms with Crippen molar-refractivity contribution >= 4 is 15.9 Å². The Bertz CT molecular complexity index is 564. The Kier molecular flexibility index (Phi) is 4.43. The van der Waals surface area contributed by atoms with Crippen LogP contribution >= 0.6 is 15.9 Å². The highest BCUT2D eigenvalue weighted by Gasteiger charge is 2.06. The molecule has 0 unspecified atom stereocenters. The average Bonchev–Trinajstić information content (AvgIpc) is 2.36. The van der Waals surface area contributed by atoms with E-state index in [0.717, 1.165) is 11.1 Å². The number of aryl methyl sites for hydroxylation is 1. The lowest BCUT2D eigenvalue weighted by molar-refractivity contribution is 0.284. The third-order valence-corrected chi connectivity index (χ3v) is 3.09. The molecule has 2 aromatic carbocycles. The Morgan fingerprint density at radius 2 is 1.89 bits per heavy atom. The first-order valence-corrected chi connectivity index (χ1v) is 6.60. The molecule has 2 rings (SSSR count). The standard InChI is InChI=1S/C15H14BrFO2/c1-10-3-4-14(15(5-10)18-2)19-9-11-6-12(16)8-13(17)7-11/h3-8H,9H2,1-2H3. The molecule has 0 aliphatic rings. The number of halogens is 2. The third kappa shape index (κ3) is 3.70. The number of ether oxygens (including phenoxy) is 2. The molecule has 0 N–H and O–H groups in total. The molecule has 100 valence electrons. The molecule has 0 saturated carbocycles. The fourth-order valence-corrected chi connectivity index (χ4v) is 2.26. The summed E-state index contributed by atoms with van der Waals surface area (Å²) in [5.74, 6) is 1.03. The summed E-state index contributed by atoms with van der Waals surface area (Å²) in [6.07, 6.45) is 0. The molecule has 0 amide bonds. The Morgan fingerprint density at radius 1 is 1.11 bits per heavy atom. The number of benzene rings is 2. The summed E-state index contributed by atoms with van der Waals surface area (Å²) in [6.45, 7) is 2.27. The summed E-state index contributed by atoms with van der Waals surface area (Å²) in [7, 11) is 1.60. The van der Waals surface area contributed by atoms with Crippen LogP contribution in [0.1, 0.15) is 11.1 Å². The summed E-state index contributed by atoms with van der Waals surface area (Å²) in [5, 5.41) is 0. The van der Waals surface area contributed by atoms with E-state index in [1.807, 2.05) is 31.2 Å². The summed E-state index contributed by atoms with van der Waals surface area (Å²) in [4.78, 5) is 0. The molecule has 0 radical (unpaired) electrons. The van der Waals surface area contributed by atoms with Crippen molar-refractivity contribution in [2.75, 3.05) is 7.11 Å². The van der Waals surface area contributed by atoms with Crippen LogP contribution in [0.5, 0.6) is 11.5 Å². The molecular weight excluding hydrogens is 311 g/mol. The zero-order valence-corrected chi connectivity index (χ0v) is 12.3. The predicted molar refractivity (Wildman–Crippen MR) is 76.2 cm³/mol. The SMILES string of the molecule is COc1cc(C)ccc1OCc1cc(F)cc(Br)c1. The van der Waals surface area contributed by atoms with Crippen LogP contribution < -0.4 is 9.47 Å². The van der Waals surface area contributed by atoms with Crippen molar-refractivity contribution in [2.24, 2.45) is 0 Å². The Balaban J connectivity index is 2.14. The monoisotopic (exact) mass is 324 g/mol. The lowest BCUT2D eigenvalue weighted by Crippen LogP contribution is -1.98. The Labute approximate surface area is 120 Å². The molecule has 0 atom stereocenters. The highest BCUT2D eigenvalue weighted by atomic mass is 79.9. The quantitative estimate of drug-likeness (QED) is 0.825. The van der Waals surface area contributed by atoms with Crippen LogP contribution in [-0.4, -0.2) is 7.11 Å². The average molecular weight is 325 g/mol. The highest BCUT2D eigenvalue weighted by molar-refractivity contribution is 9.10. The zero-order chi connectivity index (χ0) is 13.8. The van der Waals surface area contributed by atoms with Gasteiger partial charge in [-0.2, -0.15) is 0 Å². The first-order chi connectivity index (χ1) is 9.08. The van der Waals surface area contributed by atoms with Gasteiger partial charge in [0.05, 0.1) is 7.11 Å². The maximum absolute atomic E-state index is 13.2. The number of methoxy groups -OCH3 is 1. The lowest BCUT2D eigenvalue weighted by Gasteiger charge is -2.11. The Hall–Kier alpha value is -1.55. The fraction of sp³-hybridized carbons (Fsp3) is 0.200. The maximum atomic E-state index is 13.2. The molecule has 0 heterocycles. The van der Waals surface area contributed by atoms with Crippen molar-refractivity contribution in [3.63, 3.8) is 0 Å². The van der Waals surface area contributed by atoms with Gasteiger partial charge in [-0.25, -0.2) is 4.39 Å². The second-order valence-electron chi connectivity index (χ2n) is 4.22. The van der Waals surface area contributed by atoms with Crippen LogP contribution in [0.2, 0.25) is 0 Å². The van der Waals surface area contributed by atoms with Gasteiger partial charge in [-0.05, 0) is 48.4 Å².